The summed E-state index contributed by atoms with van der Waals surface area (Å²) >= 11 is 1.86. The molecule has 0 N–H and O–H groups in total. The Morgan fingerprint density at radius 3 is 1.15 bits per heavy atom. The summed E-state index contributed by atoms with van der Waals surface area (Å²) in [5.74, 6) is 0. The summed E-state index contributed by atoms with van der Waals surface area (Å²) in [4.78, 5) is 20.9. The van der Waals surface area contributed by atoms with Gasteiger partial charge in [0, 0.05) is 52.8 Å². The monoisotopic (exact) mass is 868 g/mol. The molecule has 4 nitrogen and oxygen atoms in total. The number of thiophene rings is 1. The topological polar surface area (TPSA) is 51.6 Å². The van der Waals surface area contributed by atoms with Gasteiger partial charge in [-0.25, -0.2) is 9.97 Å². The standard InChI is InChI=1S/C62H36N4S/c1-5-23-50-45(18-1)47-20-3-7-25-52(47)60-58(50)63-35-55(65-60)39-16-11-14-37(30-39)41-32-42(34-43(33-41)44-27-13-28-54-49-22-9-10-29-57(49)67-62(44)54)38-15-12-17-40(31-38)56-36-64-59-51-24-6-2-19-46(51)48-21-4-8-26-53(48)61(59)66-56/h1-36H. The quantitative estimate of drug-likeness (QED) is 0.162. The van der Waals surface area contributed by atoms with Crippen LogP contribution in [-0.2, 0) is 0 Å². The molecule has 3 aromatic heterocycles. The van der Waals surface area contributed by atoms with Crippen LogP contribution < -0.4 is 0 Å². The Balaban J connectivity index is 0.937. The van der Waals surface area contributed by atoms with Crippen LogP contribution >= 0.6 is 11.3 Å². The fourth-order valence-corrected chi connectivity index (χ4v) is 11.6. The van der Waals surface area contributed by atoms with E-state index in [1.165, 1.54) is 47.3 Å². The Hall–Kier alpha value is -8.64. The minimum Gasteiger partial charge on any atom is -0.252 e. The van der Waals surface area contributed by atoms with Crippen LogP contribution in [0.2, 0.25) is 0 Å². The molecule has 67 heavy (non-hydrogen) atoms. The molecule has 3 heterocycles. The van der Waals surface area contributed by atoms with Gasteiger partial charge < -0.3 is 0 Å². The molecule has 0 unspecified atom stereocenters. The van der Waals surface area contributed by atoms with Gasteiger partial charge in [0.15, 0.2) is 0 Å². The van der Waals surface area contributed by atoms with E-state index < -0.39 is 0 Å². The minimum absolute atomic E-state index is 0.839. The molecule has 0 aliphatic rings. The highest BCUT2D eigenvalue weighted by Crippen LogP contribution is 2.43. The molecule has 0 saturated carbocycles. The molecule has 0 bridgehead atoms. The summed E-state index contributed by atoms with van der Waals surface area (Å²) in [7, 11) is 0. The second kappa shape index (κ2) is 15.0. The van der Waals surface area contributed by atoms with Crippen LogP contribution in [0.4, 0.5) is 0 Å². The van der Waals surface area contributed by atoms with E-state index in [-0.39, 0.29) is 0 Å². The SMILES string of the molecule is c1cc(-c2cc(-c3cccc(-c4cnc5c6ccccc6c6ccccc6c5n4)c3)cc(-c3cccc4c3sc3ccccc34)c2)cc(-c2cnc3c4ccccc4c4ccccc4c3n2)c1. The summed E-state index contributed by atoms with van der Waals surface area (Å²) in [6.07, 6.45) is 3.86. The zero-order valence-corrected chi connectivity index (χ0v) is 36.8. The van der Waals surface area contributed by atoms with E-state index in [1.54, 1.807) is 0 Å². The number of hydrogen-bond donors (Lipinski definition) is 0. The Kier molecular flexibility index (Phi) is 8.42. The Morgan fingerprint density at radius 1 is 0.269 bits per heavy atom. The molecule has 0 aliphatic heterocycles. The van der Waals surface area contributed by atoms with E-state index >= 15 is 0 Å². The molecule has 0 amide bonds. The van der Waals surface area contributed by atoms with E-state index in [2.05, 4.69) is 206 Å². The molecule has 5 heteroatoms. The van der Waals surface area contributed by atoms with Crippen molar-refractivity contribution in [3.05, 3.63) is 219 Å². The van der Waals surface area contributed by atoms with Crippen LogP contribution in [0.5, 0.6) is 0 Å². The lowest BCUT2D eigenvalue weighted by Gasteiger charge is -2.14. The zero-order chi connectivity index (χ0) is 44.0. The molecule has 0 spiro atoms. The summed E-state index contributed by atoms with van der Waals surface area (Å²) in [5.41, 5.74) is 14.2. The van der Waals surface area contributed by atoms with Gasteiger partial charge in [-0.3, -0.25) is 9.97 Å². The summed E-state index contributed by atoms with van der Waals surface area (Å²) in [6, 6.07) is 74.0. The van der Waals surface area contributed by atoms with Crippen LogP contribution in [0.25, 0.3) is 141 Å². The summed E-state index contributed by atoms with van der Waals surface area (Å²) < 4.78 is 2.57. The molecular formula is C62H36N4S. The third-order valence-corrected chi connectivity index (χ3v) is 14.7. The van der Waals surface area contributed by atoms with Crippen LogP contribution in [0.1, 0.15) is 0 Å². The van der Waals surface area contributed by atoms with Crippen LogP contribution in [0, 0.1) is 0 Å². The molecule has 0 aliphatic carbocycles. The minimum atomic E-state index is 0.839. The van der Waals surface area contributed by atoms with Crippen molar-refractivity contribution >= 4 is 96.7 Å². The van der Waals surface area contributed by atoms with E-state index in [0.717, 1.165) is 93.9 Å². The first-order valence-corrected chi connectivity index (χ1v) is 23.4. The van der Waals surface area contributed by atoms with Crippen molar-refractivity contribution in [2.24, 2.45) is 0 Å². The number of aromatic nitrogens is 4. The first kappa shape index (κ1) is 37.7. The number of hydrogen-bond acceptors (Lipinski definition) is 5. The lowest BCUT2D eigenvalue weighted by molar-refractivity contribution is 1.31. The van der Waals surface area contributed by atoms with Gasteiger partial charge in [-0.2, -0.15) is 0 Å². The third kappa shape index (κ3) is 6.06. The van der Waals surface area contributed by atoms with Gasteiger partial charge >= 0.3 is 0 Å². The Morgan fingerprint density at radius 2 is 0.642 bits per heavy atom. The van der Waals surface area contributed by atoms with E-state index in [0.29, 0.717) is 0 Å². The van der Waals surface area contributed by atoms with Crippen molar-refractivity contribution in [3.63, 3.8) is 0 Å². The van der Waals surface area contributed by atoms with Crippen molar-refractivity contribution in [2.75, 3.05) is 0 Å². The van der Waals surface area contributed by atoms with Crippen LogP contribution in [-0.4, -0.2) is 19.9 Å². The second-order valence-electron chi connectivity index (χ2n) is 17.3. The molecule has 14 aromatic rings. The predicted molar refractivity (Wildman–Crippen MR) is 283 cm³/mol. The fraction of sp³-hybridized carbons (Fsp3) is 0. The highest BCUT2D eigenvalue weighted by atomic mass is 32.1. The Labute approximate surface area is 389 Å². The Bertz CT molecular complexity index is 4070. The first-order chi connectivity index (χ1) is 33.2. The van der Waals surface area contributed by atoms with Crippen molar-refractivity contribution in [1.29, 1.82) is 0 Å². The van der Waals surface area contributed by atoms with Gasteiger partial charge in [-0.05, 0) is 91.3 Å². The lowest BCUT2D eigenvalue weighted by atomic mass is 9.91. The molecule has 0 atom stereocenters. The van der Waals surface area contributed by atoms with E-state index in [1.807, 2.05) is 23.7 Å². The molecule has 14 rings (SSSR count). The van der Waals surface area contributed by atoms with Crippen molar-refractivity contribution in [1.82, 2.24) is 19.9 Å². The average Bonchev–Trinajstić information content (AvgIpc) is 3.80. The van der Waals surface area contributed by atoms with Crippen LogP contribution in [0.3, 0.4) is 0 Å². The van der Waals surface area contributed by atoms with Gasteiger partial charge in [-0.15, -0.1) is 11.3 Å². The second-order valence-corrected chi connectivity index (χ2v) is 18.4. The van der Waals surface area contributed by atoms with Crippen LogP contribution in [0.15, 0.2) is 219 Å². The van der Waals surface area contributed by atoms with E-state index in [4.69, 9.17) is 19.9 Å². The molecule has 0 saturated heterocycles. The highest BCUT2D eigenvalue weighted by Gasteiger charge is 2.17. The molecule has 310 valence electrons. The summed E-state index contributed by atoms with van der Waals surface area (Å²) in [6.45, 7) is 0. The van der Waals surface area contributed by atoms with Gasteiger partial charge in [0.25, 0.3) is 0 Å². The lowest BCUT2D eigenvalue weighted by Crippen LogP contribution is -1.93. The maximum atomic E-state index is 5.36. The molecular weight excluding hydrogens is 833 g/mol. The first-order valence-electron chi connectivity index (χ1n) is 22.6. The van der Waals surface area contributed by atoms with Gasteiger partial charge in [0.2, 0.25) is 0 Å². The average molecular weight is 869 g/mol. The zero-order valence-electron chi connectivity index (χ0n) is 36.0. The molecule has 0 fully saturated rings. The van der Waals surface area contributed by atoms with Gasteiger partial charge in [0.05, 0.1) is 45.8 Å². The van der Waals surface area contributed by atoms with Gasteiger partial charge in [0.1, 0.15) is 0 Å². The summed E-state index contributed by atoms with van der Waals surface area (Å²) in [5, 5.41) is 11.7. The maximum Gasteiger partial charge on any atom is 0.0979 e. The van der Waals surface area contributed by atoms with Gasteiger partial charge in [-0.1, -0.05) is 170 Å². The van der Waals surface area contributed by atoms with E-state index in [9.17, 15) is 0 Å². The van der Waals surface area contributed by atoms with Crippen molar-refractivity contribution in [3.8, 4) is 55.9 Å². The highest BCUT2D eigenvalue weighted by molar-refractivity contribution is 7.26. The van der Waals surface area contributed by atoms with Crippen molar-refractivity contribution in [2.45, 2.75) is 0 Å². The number of benzene rings is 11. The fourth-order valence-electron chi connectivity index (χ4n) is 10.3. The molecule has 11 aromatic carbocycles. The predicted octanol–water partition coefficient (Wildman–Crippen LogP) is 16.9. The molecule has 0 radical (unpaired) electrons. The number of fused-ring (bicyclic) bond motifs is 15. The smallest absolute Gasteiger partial charge is 0.0979 e. The number of rotatable bonds is 5. The third-order valence-electron chi connectivity index (χ3n) is 13.5. The normalized spacial score (nSPS) is 11.9. The number of nitrogens with zero attached hydrogens (tertiary/aromatic N) is 4. The van der Waals surface area contributed by atoms with Crippen molar-refractivity contribution < 1.29 is 0 Å². The maximum absolute atomic E-state index is 5.36. The largest absolute Gasteiger partial charge is 0.252 e.